The number of hydrogen-bond acceptors (Lipinski definition) is 5. The lowest BCUT2D eigenvalue weighted by atomic mass is 10.1. The van der Waals surface area contributed by atoms with Crippen LogP contribution < -0.4 is 4.90 Å². The Morgan fingerprint density at radius 3 is 2.42 bits per heavy atom. The number of imidazole rings is 1. The van der Waals surface area contributed by atoms with Crippen LogP contribution in [-0.2, 0) is 6.54 Å². The van der Waals surface area contributed by atoms with Crippen molar-refractivity contribution in [1.29, 1.82) is 0 Å². The van der Waals surface area contributed by atoms with Crippen LogP contribution in [0.15, 0.2) is 72.8 Å². The normalized spacial score (nSPS) is 14.8. The minimum atomic E-state index is -0.294. The van der Waals surface area contributed by atoms with Crippen molar-refractivity contribution < 1.29 is 4.92 Å². The number of fused-ring (bicyclic) bond motifs is 1. The molecule has 3 aromatic carbocycles. The fourth-order valence-electron chi connectivity index (χ4n) is 4.16. The number of nitrogens with one attached hydrogen (secondary N) is 1. The molecule has 1 N–H and O–H groups in total. The summed E-state index contributed by atoms with van der Waals surface area (Å²) in [7, 11) is 0. The molecule has 31 heavy (non-hydrogen) atoms. The monoisotopic (exact) mass is 413 g/mol. The van der Waals surface area contributed by atoms with Crippen molar-refractivity contribution in [3.8, 4) is 11.4 Å². The fourth-order valence-corrected chi connectivity index (χ4v) is 4.16. The summed E-state index contributed by atoms with van der Waals surface area (Å²) in [4.78, 5) is 23.9. The first-order chi connectivity index (χ1) is 15.2. The van der Waals surface area contributed by atoms with Crippen LogP contribution in [0.1, 0.15) is 5.56 Å². The third kappa shape index (κ3) is 4.00. The molecule has 7 nitrogen and oxygen atoms in total. The maximum Gasteiger partial charge on any atom is 0.293 e. The molecule has 1 aromatic heterocycles. The van der Waals surface area contributed by atoms with Crippen LogP contribution in [0.25, 0.3) is 22.4 Å². The quantitative estimate of drug-likeness (QED) is 0.386. The minimum absolute atomic E-state index is 0.120. The molecule has 0 bridgehead atoms. The van der Waals surface area contributed by atoms with Crippen LogP contribution in [0.4, 0.5) is 11.4 Å². The zero-order chi connectivity index (χ0) is 21.2. The van der Waals surface area contributed by atoms with Crippen molar-refractivity contribution in [3.05, 3.63) is 88.5 Å². The molecule has 1 saturated heterocycles. The van der Waals surface area contributed by atoms with E-state index in [0.29, 0.717) is 11.5 Å². The molecule has 1 aliphatic rings. The summed E-state index contributed by atoms with van der Waals surface area (Å²) >= 11 is 0. The maximum atomic E-state index is 11.9. The molecule has 5 rings (SSSR count). The zero-order valence-electron chi connectivity index (χ0n) is 17.1. The summed E-state index contributed by atoms with van der Waals surface area (Å²) in [6, 6.07) is 23.5. The van der Waals surface area contributed by atoms with Gasteiger partial charge in [0.25, 0.3) is 5.69 Å². The van der Waals surface area contributed by atoms with Gasteiger partial charge in [-0.3, -0.25) is 15.0 Å². The zero-order valence-corrected chi connectivity index (χ0v) is 17.1. The predicted molar refractivity (Wildman–Crippen MR) is 122 cm³/mol. The Balaban J connectivity index is 1.35. The highest BCUT2D eigenvalue weighted by Crippen LogP contribution is 2.33. The van der Waals surface area contributed by atoms with Crippen LogP contribution in [-0.4, -0.2) is 46.0 Å². The summed E-state index contributed by atoms with van der Waals surface area (Å²) in [6.07, 6.45) is 0. The second kappa shape index (κ2) is 8.20. The first-order valence-electron chi connectivity index (χ1n) is 10.4. The third-order valence-corrected chi connectivity index (χ3v) is 5.80. The molecule has 156 valence electrons. The lowest BCUT2D eigenvalue weighted by molar-refractivity contribution is -0.384. The summed E-state index contributed by atoms with van der Waals surface area (Å²) in [6.45, 7) is 4.17. The number of nitrogens with zero attached hydrogens (tertiary/aromatic N) is 4. The number of benzene rings is 3. The molecule has 7 heteroatoms. The van der Waals surface area contributed by atoms with Crippen LogP contribution in [0.5, 0.6) is 0 Å². The van der Waals surface area contributed by atoms with Gasteiger partial charge in [-0.15, -0.1) is 0 Å². The number of para-hydroxylation sites is 2. The van der Waals surface area contributed by atoms with Gasteiger partial charge in [0.2, 0.25) is 0 Å². The average Bonchev–Trinajstić information content (AvgIpc) is 3.24. The van der Waals surface area contributed by atoms with Gasteiger partial charge in [-0.05, 0) is 29.8 Å². The van der Waals surface area contributed by atoms with E-state index in [1.54, 1.807) is 6.07 Å². The van der Waals surface area contributed by atoms with Gasteiger partial charge >= 0.3 is 0 Å². The molecule has 0 atom stereocenters. The van der Waals surface area contributed by atoms with E-state index in [0.717, 1.165) is 49.3 Å². The number of aromatic nitrogens is 2. The molecular formula is C24H23N5O2. The first-order valence-corrected chi connectivity index (χ1v) is 10.4. The van der Waals surface area contributed by atoms with Crippen molar-refractivity contribution in [3.63, 3.8) is 0 Å². The highest BCUT2D eigenvalue weighted by molar-refractivity contribution is 5.80. The first kappa shape index (κ1) is 19.3. The van der Waals surface area contributed by atoms with E-state index in [1.165, 1.54) is 5.56 Å². The van der Waals surface area contributed by atoms with Gasteiger partial charge in [-0.1, -0.05) is 42.5 Å². The molecule has 0 aliphatic carbocycles. The Labute approximate surface area is 180 Å². The molecular weight excluding hydrogens is 390 g/mol. The van der Waals surface area contributed by atoms with Crippen LogP contribution in [0, 0.1) is 10.1 Å². The van der Waals surface area contributed by atoms with Gasteiger partial charge in [0, 0.05) is 44.4 Å². The highest BCUT2D eigenvalue weighted by Gasteiger charge is 2.25. The van der Waals surface area contributed by atoms with Gasteiger partial charge in [-0.2, -0.15) is 0 Å². The van der Waals surface area contributed by atoms with E-state index in [9.17, 15) is 10.1 Å². The lowest BCUT2D eigenvalue weighted by Gasteiger charge is -2.35. The van der Waals surface area contributed by atoms with Crippen molar-refractivity contribution in [1.82, 2.24) is 14.9 Å². The molecule has 1 fully saturated rings. The van der Waals surface area contributed by atoms with Crippen molar-refractivity contribution >= 4 is 22.4 Å². The van der Waals surface area contributed by atoms with E-state index in [2.05, 4.69) is 44.0 Å². The summed E-state index contributed by atoms with van der Waals surface area (Å²) in [5, 5.41) is 11.9. The number of piperazine rings is 1. The number of hydrogen-bond donors (Lipinski definition) is 1. The molecule has 0 amide bonds. The molecule has 4 aromatic rings. The maximum absolute atomic E-state index is 11.9. The van der Waals surface area contributed by atoms with Crippen molar-refractivity contribution in [2.45, 2.75) is 6.54 Å². The van der Waals surface area contributed by atoms with E-state index >= 15 is 0 Å². The molecule has 0 unspecified atom stereocenters. The Morgan fingerprint density at radius 2 is 1.68 bits per heavy atom. The topological polar surface area (TPSA) is 78.3 Å². The van der Waals surface area contributed by atoms with Gasteiger partial charge in [0.15, 0.2) is 0 Å². The Morgan fingerprint density at radius 1 is 0.935 bits per heavy atom. The summed E-state index contributed by atoms with van der Waals surface area (Å²) in [5.74, 6) is 0.642. The number of H-pyrrole nitrogens is 1. The number of rotatable bonds is 5. The predicted octanol–water partition coefficient (Wildman–Crippen LogP) is 4.46. The van der Waals surface area contributed by atoms with Gasteiger partial charge in [-0.25, -0.2) is 4.98 Å². The average molecular weight is 413 g/mol. The number of aromatic amines is 1. The Kier molecular flexibility index (Phi) is 5.09. The largest absolute Gasteiger partial charge is 0.363 e. The smallest absolute Gasteiger partial charge is 0.293 e. The molecule has 1 aliphatic heterocycles. The lowest BCUT2D eigenvalue weighted by Crippen LogP contribution is -2.46. The molecule has 0 saturated carbocycles. The molecule has 0 radical (unpaired) electrons. The highest BCUT2D eigenvalue weighted by atomic mass is 16.6. The Hall–Kier alpha value is -3.71. The number of nitro groups is 1. The minimum Gasteiger partial charge on any atom is -0.363 e. The van der Waals surface area contributed by atoms with Gasteiger partial charge in [0.05, 0.1) is 16.0 Å². The summed E-state index contributed by atoms with van der Waals surface area (Å²) in [5.41, 5.74) is 4.56. The van der Waals surface area contributed by atoms with Crippen molar-refractivity contribution in [2.75, 3.05) is 31.1 Å². The fraction of sp³-hybridized carbons (Fsp3) is 0.208. The van der Waals surface area contributed by atoms with Crippen LogP contribution in [0.3, 0.4) is 0 Å². The number of anilines is 1. The molecule has 0 spiro atoms. The van der Waals surface area contributed by atoms with E-state index < -0.39 is 0 Å². The van der Waals surface area contributed by atoms with Crippen LogP contribution >= 0.6 is 0 Å². The Bertz CT molecular complexity index is 1180. The standard InChI is InChI=1S/C24H23N5O2/c30-29(31)23-16-19(24-25-20-8-4-5-9-21(20)26-24)10-11-22(23)28-14-12-27(13-15-28)17-18-6-2-1-3-7-18/h1-11,16H,12-15,17H2,(H,25,26). The second-order valence-corrected chi connectivity index (χ2v) is 7.81. The summed E-state index contributed by atoms with van der Waals surface area (Å²) < 4.78 is 0. The second-order valence-electron chi connectivity index (χ2n) is 7.81. The van der Waals surface area contributed by atoms with Crippen molar-refractivity contribution in [2.24, 2.45) is 0 Å². The van der Waals surface area contributed by atoms with Gasteiger partial charge in [0.1, 0.15) is 11.5 Å². The van der Waals surface area contributed by atoms with Gasteiger partial charge < -0.3 is 9.88 Å². The SMILES string of the molecule is O=[N+]([O-])c1cc(-c2nc3ccccc3[nH]2)ccc1N1CCN(Cc2ccccc2)CC1. The third-order valence-electron chi connectivity index (χ3n) is 5.80. The number of nitro benzene ring substituents is 1. The molecule has 2 heterocycles. The van der Waals surface area contributed by atoms with Crippen LogP contribution in [0.2, 0.25) is 0 Å². The van der Waals surface area contributed by atoms with E-state index in [4.69, 9.17) is 0 Å². The van der Waals surface area contributed by atoms with E-state index in [-0.39, 0.29) is 10.6 Å². The van der Waals surface area contributed by atoms with E-state index in [1.807, 2.05) is 42.5 Å².